The molecule has 0 spiro atoms. The van der Waals surface area contributed by atoms with Crippen LogP contribution in [0.5, 0.6) is 0 Å². The van der Waals surface area contributed by atoms with E-state index >= 15 is 0 Å². The molecule has 0 aliphatic heterocycles. The Labute approximate surface area is 209 Å². The topological polar surface area (TPSA) is 240 Å². The second kappa shape index (κ2) is 16.2. The average molecular weight is 509 g/mol. The third kappa shape index (κ3) is 11.3. The van der Waals surface area contributed by atoms with Crippen molar-refractivity contribution in [1.29, 1.82) is 0 Å². The summed E-state index contributed by atoms with van der Waals surface area (Å²) in [6.45, 7) is -0.508. The average Bonchev–Trinajstić information content (AvgIpc) is 2.84. The van der Waals surface area contributed by atoms with E-state index < -0.39 is 60.4 Å². The zero-order valence-corrected chi connectivity index (χ0v) is 20.0. The van der Waals surface area contributed by atoms with Crippen molar-refractivity contribution >= 4 is 29.6 Å². The van der Waals surface area contributed by atoms with E-state index in [1.165, 1.54) is 0 Å². The molecule has 0 fully saturated rings. The predicted octanol–water partition coefficient (Wildman–Crippen LogP) is -2.52. The van der Waals surface area contributed by atoms with Crippen LogP contribution in [0.25, 0.3) is 0 Å². The second-order valence-corrected chi connectivity index (χ2v) is 8.29. The van der Waals surface area contributed by atoms with Crippen molar-refractivity contribution in [3.05, 3.63) is 35.9 Å². The largest absolute Gasteiger partial charge is 0.480 e. The van der Waals surface area contributed by atoms with Gasteiger partial charge in [-0.05, 0) is 44.2 Å². The summed E-state index contributed by atoms with van der Waals surface area (Å²) >= 11 is 0. The minimum absolute atomic E-state index is 0.200. The number of carboxylic acid groups (broad SMARTS) is 1. The van der Waals surface area contributed by atoms with Crippen molar-refractivity contribution in [3.8, 4) is 0 Å². The van der Waals surface area contributed by atoms with Gasteiger partial charge >= 0.3 is 5.97 Å². The summed E-state index contributed by atoms with van der Waals surface area (Å²) in [6.07, 6.45) is 1.02. The Morgan fingerprint density at radius 2 is 1.39 bits per heavy atom. The maximum Gasteiger partial charge on any atom is 0.328 e. The van der Waals surface area contributed by atoms with Gasteiger partial charge in [0.2, 0.25) is 23.6 Å². The maximum absolute atomic E-state index is 13.0. The van der Waals surface area contributed by atoms with Gasteiger partial charge in [-0.2, -0.15) is 0 Å². The quantitative estimate of drug-likeness (QED) is 0.103. The van der Waals surface area contributed by atoms with Crippen LogP contribution in [0.15, 0.2) is 30.3 Å². The number of rotatable bonds is 17. The molecule has 200 valence electrons. The number of nitrogens with one attached hydrogen (secondary N) is 3. The zero-order chi connectivity index (χ0) is 27.1. The van der Waals surface area contributed by atoms with Gasteiger partial charge in [-0.3, -0.25) is 19.2 Å². The summed E-state index contributed by atoms with van der Waals surface area (Å²) < 4.78 is 0. The number of aliphatic hydroxyl groups is 1. The molecule has 36 heavy (non-hydrogen) atoms. The molecule has 1 aromatic rings. The first kappa shape index (κ1) is 30.5. The molecule has 0 saturated heterocycles. The normalized spacial score (nSPS) is 14.1. The summed E-state index contributed by atoms with van der Waals surface area (Å²) in [4.78, 5) is 60.7. The Morgan fingerprint density at radius 1 is 0.833 bits per heavy atom. The van der Waals surface area contributed by atoms with Crippen LogP contribution in [0.1, 0.15) is 37.7 Å². The van der Waals surface area contributed by atoms with Crippen molar-refractivity contribution in [2.24, 2.45) is 17.2 Å². The lowest BCUT2D eigenvalue weighted by Crippen LogP contribution is -2.57. The van der Waals surface area contributed by atoms with Gasteiger partial charge < -0.3 is 43.4 Å². The molecule has 0 aromatic heterocycles. The van der Waals surface area contributed by atoms with E-state index in [4.69, 9.17) is 27.4 Å². The molecule has 11 N–H and O–H groups in total. The molecule has 4 unspecified atom stereocenters. The van der Waals surface area contributed by atoms with E-state index in [2.05, 4.69) is 16.0 Å². The number of aliphatic carboxylic acids is 1. The third-order valence-corrected chi connectivity index (χ3v) is 5.32. The fraction of sp³-hybridized carbons (Fsp3) is 0.522. The fourth-order valence-corrected chi connectivity index (χ4v) is 3.29. The van der Waals surface area contributed by atoms with E-state index in [1.807, 2.05) is 30.3 Å². The summed E-state index contributed by atoms with van der Waals surface area (Å²) in [5.74, 6) is -4.45. The van der Waals surface area contributed by atoms with Gasteiger partial charge in [-0.25, -0.2) is 4.79 Å². The standard InChI is InChI=1S/C23H36N6O7/c24-11-5-4-8-16(27-20(32)15(25)12-14-6-2-1-3-7-14)21(33)28-17(9-10-19(26)31)22(34)29-18(13-30)23(35)36/h1-3,6-7,15-18,30H,4-5,8-13,24-25H2,(H2,26,31)(H,27,32)(H,28,33)(H,29,34)(H,35,36). The number of hydrogen-bond acceptors (Lipinski definition) is 8. The first-order chi connectivity index (χ1) is 17.1. The van der Waals surface area contributed by atoms with Gasteiger partial charge in [0.25, 0.3) is 0 Å². The summed E-state index contributed by atoms with van der Waals surface area (Å²) in [7, 11) is 0. The van der Waals surface area contributed by atoms with Crippen LogP contribution in [-0.4, -0.2) is 77.1 Å². The molecule has 13 nitrogen and oxygen atoms in total. The van der Waals surface area contributed by atoms with E-state index in [1.54, 1.807) is 0 Å². The number of nitrogens with two attached hydrogens (primary N) is 3. The Hall–Kier alpha value is -3.55. The number of benzene rings is 1. The summed E-state index contributed by atoms with van der Waals surface area (Å²) in [5.41, 5.74) is 17.5. The number of amides is 4. The molecule has 1 rings (SSSR count). The highest BCUT2D eigenvalue weighted by Crippen LogP contribution is 2.07. The Bertz CT molecular complexity index is 883. The molecule has 0 aliphatic carbocycles. The number of carbonyl (C=O) groups excluding carboxylic acids is 4. The van der Waals surface area contributed by atoms with Gasteiger partial charge in [0.05, 0.1) is 12.6 Å². The van der Waals surface area contributed by atoms with Crippen molar-refractivity contribution in [3.63, 3.8) is 0 Å². The van der Waals surface area contributed by atoms with Gasteiger partial charge in [0.1, 0.15) is 18.1 Å². The molecule has 0 heterocycles. The number of unbranched alkanes of at least 4 members (excludes halogenated alkanes) is 1. The second-order valence-electron chi connectivity index (χ2n) is 8.29. The summed E-state index contributed by atoms with van der Waals surface area (Å²) in [5, 5.41) is 25.4. The fourth-order valence-electron chi connectivity index (χ4n) is 3.29. The minimum Gasteiger partial charge on any atom is -0.480 e. The van der Waals surface area contributed by atoms with Crippen LogP contribution < -0.4 is 33.2 Å². The highest BCUT2D eigenvalue weighted by Gasteiger charge is 2.30. The smallest absolute Gasteiger partial charge is 0.328 e. The number of hydrogen-bond donors (Lipinski definition) is 8. The number of primary amides is 1. The first-order valence-corrected chi connectivity index (χ1v) is 11.6. The lowest BCUT2D eigenvalue weighted by Gasteiger charge is -2.25. The van der Waals surface area contributed by atoms with E-state index in [0.29, 0.717) is 19.4 Å². The molecule has 0 radical (unpaired) electrons. The maximum atomic E-state index is 13.0. The molecule has 4 atom stereocenters. The van der Waals surface area contributed by atoms with Crippen molar-refractivity contribution in [2.45, 2.75) is 62.7 Å². The van der Waals surface area contributed by atoms with E-state index in [9.17, 15) is 24.0 Å². The van der Waals surface area contributed by atoms with Crippen LogP contribution in [-0.2, 0) is 30.4 Å². The highest BCUT2D eigenvalue weighted by atomic mass is 16.4. The zero-order valence-electron chi connectivity index (χ0n) is 20.0. The lowest BCUT2D eigenvalue weighted by molar-refractivity contribution is -0.143. The molecular weight excluding hydrogens is 472 g/mol. The molecule has 0 saturated carbocycles. The number of aliphatic hydroxyl groups excluding tert-OH is 1. The van der Waals surface area contributed by atoms with Gasteiger partial charge in [-0.1, -0.05) is 30.3 Å². The third-order valence-electron chi connectivity index (χ3n) is 5.32. The molecule has 4 amide bonds. The minimum atomic E-state index is -1.61. The van der Waals surface area contributed by atoms with Gasteiger partial charge in [0, 0.05) is 6.42 Å². The Balaban J connectivity index is 2.96. The monoisotopic (exact) mass is 508 g/mol. The van der Waals surface area contributed by atoms with Crippen LogP contribution >= 0.6 is 0 Å². The number of carbonyl (C=O) groups is 5. The Morgan fingerprint density at radius 3 is 1.92 bits per heavy atom. The van der Waals surface area contributed by atoms with Gasteiger partial charge in [0.15, 0.2) is 0 Å². The molecule has 0 bridgehead atoms. The predicted molar refractivity (Wildman–Crippen MR) is 130 cm³/mol. The van der Waals surface area contributed by atoms with E-state index in [-0.39, 0.29) is 25.7 Å². The highest BCUT2D eigenvalue weighted by molar-refractivity contribution is 5.94. The Kier molecular flexibility index (Phi) is 13.7. The summed E-state index contributed by atoms with van der Waals surface area (Å²) in [6, 6.07) is 4.13. The van der Waals surface area contributed by atoms with Crippen molar-refractivity contribution in [2.75, 3.05) is 13.2 Å². The molecular formula is C23H36N6O7. The van der Waals surface area contributed by atoms with Crippen LogP contribution in [0.3, 0.4) is 0 Å². The van der Waals surface area contributed by atoms with Crippen molar-refractivity contribution < 1.29 is 34.2 Å². The van der Waals surface area contributed by atoms with E-state index in [0.717, 1.165) is 5.56 Å². The molecule has 0 aliphatic rings. The lowest BCUT2D eigenvalue weighted by atomic mass is 10.0. The number of carboxylic acids is 1. The molecule has 1 aromatic carbocycles. The SMILES string of the molecule is NCCCCC(NC(=O)C(N)Cc1ccccc1)C(=O)NC(CCC(N)=O)C(=O)NC(CO)C(=O)O. The van der Waals surface area contributed by atoms with Gasteiger partial charge in [-0.15, -0.1) is 0 Å². The van der Waals surface area contributed by atoms with Crippen LogP contribution in [0.4, 0.5) is 0 Å². The van der Waals surface area contributed by atoms with Crippen molar-refractivity contribution in [1.82, 2.24) is 16.0 Å². The first-order valence-electron chi connectivity index (χ1n) is 11.6. The molecule has 13 heteroatoms. The van der Waals surface area contributed by atoms with Crippen LogP contribution in [0.2, 0.25) is 0 Å². The van der Waals surface area contributed by atoms with Crippen LogP contribution in [0, 0.1) is 0 Å².